The lowest BCUT2D eigenvalue weighted by molar-refractivity contribution is -0.385. The van der Waals surface area contributed by atoms with Gasteiger partial charge in [-0.15, -0.1) is 0 Å². The molecule has 1 aromatic rings. The Morgan fingerprint density at radius 3 is 2.71 bits per heavy atom. The summed E-state index contributed by atoms with van der Waals surface area (Å²) in [4.78, 5) is 22.5. The third-order valence-corrected chi connectivity index (χ3v) is 2.51. The maximum Gasteiger partial charge on any atom is 0.310 e. The second-order valence-electron chi connectivity index (χ2n) is 3.77. The van der Waals surface area contributed by atoms with Gasteiger partial charge in [-0.25, -0.2) is 0 Å². The fourth-order valence-electron chi connectivity index (χ4n) is 1.33. The Hall–Kier alpha value is -2.11. The number of phenolic OH excluding ortho intramolecular Hbond substituents is 1. The Labute approximate surface area is 98.6 Å². The van der Waals surface area contributed by atoms with Gasteiger partial charge >= 0.3 is 5.69 Å². The van der Waals surface area contributed by atoms with Crippen LogP contribution in [0.3, 0.4) is 0 Å². The first kappa shape index (κ1) is 13.0. The summed E-state index contributed by atoms with van der Waals surface area (Å²) in [6.45, 7) is 1.94. The van der Waals surface area contributed by atoms with Crippen LogP contribution in [-0.2, 0) is 11.2 Å². The van der Waals surface area contributed by atoms with E-state index in [9.17, 15) is 20.0 Å². The van der Waals surface area contributed by atoms with Crippen LogP contribution in [0.4, 0.5) is 5.69 Å². The largest absolute Gasteiger partial charge is 0.502 e. The fraction of sp³-hybridized carbons (Fsp3) is 0.364. The van der Waals surface area contributed by atoms with Gasteiger partial charge in [0.1, 0.15) is 0 Å². The number of nitro benzene ring substituents is 1. The Morgan fingerprint density at radius 1 is 1.53 bits per heavy atom. The zero-order valence-corrected chi connectivity index (χ0v) is 9.71. The van der Waals surface area contributed by atoms with Crippen molar-refractivity contribution in [3.05, 3.63) is 33.9 Å². The molecule has 1 N–H and O–H groups in total. The summed E-state index contributed by atoms with van der Waals surface area (Å²) in [6.07, 6.45) is 0.511. The second kappa shape index (κ2) is 5.29. The predicted octanol–water partition coefficient (Wildman–Crippen LogP) is 1.32. The first-order valence-electron chi connectivity index (χ1n) is 5.10. The van der Waals surface area contributed by atoms with Gasteiger partial charge in [0.15, 0.2) is 5.75 Å². The van der Waals surface area contributed by atoms with Crippen molar-refractivity contribution in [3.63, 3.8) is 0 Å². The van der Waals surface area contributed by atoms with Crippen molar-refractivity contribution < 1.29 is 14.8 Å². The maximum atomic E-state index is 11.0. The molecule has 0 aliphatic rings. The van der Waals surface area contributed by atoms with E-state index in [1.165, 1.54) is 24.0 Å². The number of carbonyl (C=O) groups excluding carboxylic acids is 1. The maximum absolute atomic E-state index is 11.0. The van der Waals surface area contributed by atoms with Crippen LogP contribution in [0, 0.1) is 10.1 Å². The average molecular weight is 238 g/mol. The Kier molecular flexibility index (Phi) is 4.03. The monoisotopic (exact) mass is 238 g/mol. The topological polar surface area (TPSA) is 83.7 Å². The molecule has 0 aliphatic heterocycles. The molecule has 0 fully saturated rings. The molecule has 17 heavy (non-hydrogen) atoms. The number of nitro groups is 1. The summed E-state index contributed by atoms with van der Waals surface area (Å²) >= 11 is 0. The number of carbonyl (C=O) groups is 1. The van der Waals surface area contributed by atoms with Crippen molar-refractivity contribution in [3.8, 4) is 5.75 Å². The van der Waals surface area contributed by atoms with E-state index in [4.69, 9.17) is 0 Å². The number of nitrogens with zero attached hydrogens (tertiary/aromatic N) is 2. The van der Waals surface area contributed by atoms with Gasteiger partial charge in [-0.1, -0.05) is 6.07 Å². The zero-order chi connectivity index (χ0) is 13.0. The Morgan fingerprint density at radius 2 is 2.18 bits per heavy atom. The van der Waals surface area contributed by atoms with Crippen LogP contribution in [-0.4, -0.2) is 34.4 Å². The van der Waals surface area contributed by atoms with Crippen LogP contribution in [0.15, 0.2) is 18.2 Å². The van der Waals surface area contributed by atoms with Crippen LogP contribution in [0.1, 0.15) is 12.5 Å². The highest BCUT2D eigenvalue weighted by Gasteiger charge is 2.13. The minimum absolute atomic E-state index is 0.0571. The van der Waals surface area contributed by atoms with Crippen molar-refractivity contribution >= 4 is 11.6 Å². The van der Waals surface area contributed by atoms with E-state index in [0.717, 1.165) is 0 Å². The number of aromatic hydroxyl groups is 1. The highest BCUT2D eigenvalue weighted by atomic mass is 16.6. The van der Waals surface area contributed by atoms with Gasteiger partial charge in [0, 0.05) is 26.6 Å². The lowest BCUT2D eigenvalue weighted by Gasteiger charge is -2.14. The van der Waals surface area contributed by atoms with E-state index in [1.807, 2.05) is 0 Å². The number of hydrogen-bond acceptors (Lipinski definition) is 4. The van der Waals surface area contributed by atoms with E-state index >= 15 is 0 Å². The Balaban J connectivity index is 2.76. The van der Waals surface area contributed by atoms with E-state index in [1.54, 1.807) is 13.1 Å². The standard InChI is InChI=1S/C11H14N2O4/c1-8(14)12(2)6-5-9-3-4-11(15)10(7-9)13(16)17/h3-4,7,15H,5-6H2,1-2H3. The van der Waals surface area contributed by atoms with Crippen molar-refractivity contribution in [2.45, 2.75) is 13.3 Å². The third kappa shape index (κ3) is 3.44. The number of amides is 1. The van der Waals surface area contributed by atoms with Crippen LogP contribution in [0.25, 0.3) is 0 Å². The molecule has 0 unspecified atom stereocenters. The lowest BCUT2D eigenvalue weighted by Crippen LogP contribution is -2.26. The van der Waals surface area contributed by atoms with Crippen LogP contribution in [0.2, 0.25) is 0 Å². The first-order chi connectivity index (χ1) is 7.91. The molecule has 1 rings (SSSR count). The summed E-state index contributed by atoms with van der Waals surface area (Å²) in [6, 6.07) is 4.22. The molecule has 0 bridgehead atoms. The molecule has 6 heteroatoms. The van der Waals surface area contributed by atoms with E-state index < -0.39 is 4.92 Å². The van der Waals surface area contributed by atoms with E-state index in [0.29, 0.717) is 18.5 Å². The molecule has 0 heterocycles. The molecule has 0 atom stereocenters. The first-order valence-corrected chi connectivity index (χ1v) is 5.10. The van der Waals surface area contributed by atoms with Gasteiger partial charge in [0.25, 0.3) is 0 Å². The van der Waals surface area contributed by atoms with Crippen molar-refractivity contribution in [2.24, 2.45) is 0 Å². The van der Waals surface area contributed by atoms with Gasteiger partial charge < -0.3 is 10.0 Å². The SMILES string of the molecule is CC(=O)N(C)CCc1ccc(O)c([N+](=O)[O-])c1. The average Bonchev–Trinajstić information content (AvgIpc) is 2.26. The number of benzene rings is 1. The summed E-state index contributed by atoms with van der Waals surface area (Å²) < 4.78 is 0. The number of rotatable bonds is 4. The van der Waals surface area contributed by atoms with Gasteiger partial charge in [-0.2, -0.15) is 0 Å². The molecule has 0 saturated heterocycles. The van der Waals surface area contributed by atoms with Crippen molar-refractivity contribution in [1.82, 2.24) is 4.90 Å². The normalized spacial score (nSPS) is 10.0. The van der Waals surface area contributed by atoms with E-state index in [2.05, 4.69) is 0 Å². The molecule has 92 valence electrons. The lowest BCUT2D eigenvalue weighted by atomic mass is 10.1. The zero-order valence-electron chi connectivity index (χ0n) is 9.71. The second-order valence-corrected chi connectivity index (χ2v) is 3.77. The summed E-state index contributed by atoms with van der Waals surface area (Å²) in [5.74, 6) is -0.406. The van der Waals surface area contributed by atoms with Crippen molar-refractivity contribution in [1.29, 1.82) is 0 Å². The third-order valence-electron chi connectivity index (χ3n) is 2.51. The molecule has 0 saturated carbocycles. The highest BCUT2D eigenvalue weighted by molar-refractivity contribution is 5.72. The molecule has 1 aromatic carbocycles. The molecule has 0 aliphatic carbocycles. The van der Waals surface area contributed by atoms with Crippen LogP contribution >= 0.6 is 0 Å². The van der Waals surface area contributed by atoms with Gasteiger partial charge in [-0.05, 0) is 18.1 Å². The summed E-state index contributed by atoms with van der Waals surface area (Å²) in [5.41, 5.74) is 0.399. The molecular weight excluding hydrogens is 224 g/mol. The minimum Gasteiger partial charge on any atom is -0.502 e. The van der Waals surface area contributed by atoms with Gasteiger partial charge in [-0.3, -0.25) is 14.9 Å². The predicted molar refractivity (Wildman–Crippen MR) is 61.8 cm³/mol. The van der Waals surface area contributed by atoms with Crippen molar-refractivity contribution in [2.75, 3.05) is 13.6 Å². The number of hydrogen-bond donors (Lipinski definition) is 1. The summed E-state index contributed by atoms with van der Waals surface area (Å²) in [5, 5.41) is 19.9. The van der Waals surface area contributed by atoms with Gasteiger partial charge in [0.05, 0.1) is 4.92 Å². The molecule has 1 amide bonds. The molecule has 0 spiro atoms. The van der Waals surface area contributed by atoms with Crippen LogP contribution in [0.5, 0.6) is 5.75 Å². The Bertz CT molecular complexity index is 445. The summed E-state index contributed by atoms with van der Waals surface area (Å²) in [7, 11) is 1.66. The molecule has 6 nitrogen and oxygen atoms in total. The molecule has 0 aromatic heterocycles. The molecule has 0 radical (unpaired) electrons. The number of likely N-dealkylation sites (N-methyl/N-ethyl adjacent to an activating group) is 1. The van der Waals surface area contributed by atoms with Crippen LogP contribution < -0.4 is 0 Å². The smallest absolute Gasteiger partial charge is 0.310 e. The highest BCUT2D eigenvalue weighted by Crippen LogP contribution is 2.26. The van der Waals surface area contributed by atoms with E-state index in [-0.39, 0.29) is 17.3 Å². The number of phenols is 1. The minimum atomic E-state index is -0.631. The fourth-order valence-corrected chi connectivity index (χ4v) is 1.33. The quantitative estimate of drug-likeness (QED) is 0.633. The van der Waals surface area contributed by atoms with Gasteiger partial charge in [0.2, 0.25) is 5.91 Å². The molecular formula is C11H14N2O4.